The summed E-state index contributed by atoms with van der Waals surface area (Å²) in [5.41, 5.74) is 0. The van der Waals surface area contributed by atoms with Crippen molar-refractivity contribution < 1.29 is 4.74 Å². The lowest BCUT2D eigenvalue weighted by molar-refractivity contribution is 0.414. The highest BCUT2D eigenvalue weighted by Gasteiger charge is 1.96. The van der Waals surface area contributed by atoms with Gasteiger partial charge in [-0.25, -0.2) is 0 Å². The van der Waals surface area contributed by atoms with Crippen LogP contribution in [0.4, 0.5) is 0 Å². The van der Waals surface area contributed by atoms with E-state index in [0.717, 1.165) is 5.75 Å². The predicted octanol–water partition coefficient (Wildman–Crippen LogP) is 2.84. The highest BCUT2D eigenvalue weighted by molar-refractivity contribution is 8.58. The molecule has 0 aliphatic rings. The number of rotatable bonds is 3. The van der Waals surface area contributed by atoms with E-state index in [1.807, 2.05) is 24.3 Å². The highest BCUT2D eigenvalue weighted by Crippen LogP contribution is 2.29. The summed E-state index contributed by atoms with van der Waals surface area (Å²) < 4.78 is 5.01. The van der Waals surface area contributed by atoms with E-state index in [0.29, 0.717) is 6.56 Å². The van der Waals surface area contributed by atoms with E-state index in [-0.39, 0.29) is 0 Å². The molecule has 0 aliphatic heterocycles. The third-order valence-corrected chi connectivity index (χ3v) is 3.52. The minimum absolute atomic E-state index is 0.492. The van der Waals surface area contributed by atoms with Gasteiger partial charge >= 0.3 is 0 Å². The van der Waals surface area contributed by atoms with Crippen molar-refractivity contribution in [2.24, 2.45) is 0 Å². The Morgan fingerprint density at radius 1 is 1.36 bits per heavy atom. The minimum Gasteiger partial charge on any atom is -0.497 e. The van der Waals surface area contributed by atoms with Crippen molar-refractivity contribution >= 4 is 29.7 Å². The summed E-state index contributed by atoms with van der Waals surface area (Å²) in [4.78, 5) is 1.21. The van der Waals surface area contributed by atoms with Gasteiger partial charge in [0.2, 0.25) is 6.56 Å². The molecule has 0 radical (unpaired) electrons. The van der Waals surface area contributed by atoms with Crippen LogP contribution in [0.15, 0.2) is 29.2 Å². The van der Waals surface area contributed by atoms with Gasteiger partial charge in [0.15, 0.2) is 11.8 Å². The summed E-state index contributed by atoms with van der Waals surface area (Å²) in [5.74, 6) is 0.891. The Hall–Kier alpha value is -0.110. The van der Waals surface area contributed by atoms with Crippen LogP contribution in [0.1, 0.15) is 0 Å². The molecule has 0 aromatic heterocycles. The van der Waals surface area contributed by atoms with Gasteiger partial charge in [0.1, 0.15) is 17.1 Å². The van der Waals surface area contributed by atoms with E-state index in [2.05, 4.69) is 0 Å². The fourth-order valence-corrected chi connectivity index (χ4v) is 2.62. The maximum Gasteiger partial charge on any atom is 0.235 e. The van der Waals surface area contributed by atoms with Gasteiger partial charge in [0.05, 0.1) is 12.0 Å². The molecule has 1 rings (SSSR count). The molecule has 0 amide bonds. The summed E-state index contributed by atoms with van der Waals surface area (Å²) in [6.07, 6.45) is 0. The van der Waals surface area contributed by atoms with Crippen molar-refractivity contribution in [3.63, 3.8) is 0 Å². The summed E-state index contributed by atoms with van der Waals surface area (Å²) in [5, 5.41) is 0. The van der Waals surface area contributed by atoms with Crippen LogP contribution in [0, 0.1) is 0 Å². The van der Waals surface area contributed by atoms with Crippen LogP contribution in [0.2, 0.25) is 0 Å². The summed E-state index contributed by atoms with van der Waals surface area (Å²) in [6, 6.07) is 7.92. The van der Waals surface area contributed by atoms with Crippen molar-refractivity contribution in [3.05, 3.63) is 24.3 Å². The van der Waals surface area contributed by atoms with Crippen LogP contribution in [0.3, 0.4) is 0 Å². The van der Waals surface area contributed by atoms with Crippen LogP contribution in [-0.4, -0.2) is 7.11 Å². The molecule has 1 aromatic rings. The van der Waals surface area contributed by atoms with Gasteiger partial charge in [-0.3, -0.25) is 0 Å². The van der Waals surface area contributed by atoms with Crippen LogP contribution in [0.5, 0.6) is 5.75 Å². The lowest BCUT2D eigenvalue weighted by Crippen LogP contribution is -1.80. The number of benzene rings is 1. The van der Waals surface area contributed by atoms with Gasteiger partial charge in [-0.15, -0.1) is 0 Å². The maximum absolute atomic E-state index is 5.01. The summed E-state index contributed by atoms with van der Waals surface area (Å²) >= 11 is 6.54. The fraction of sp³-hybridized carbons (Fsp3) is 0.143. The monoisotopic (exact) mass is 203 g/mol. The molecule has 0 saturated carbocycles. The average molecular weight is 203 g/mol. The van der Waals surface area contributed by atoms with E-state index in [1.54, 1.807) is 18.5 Å². The Balaban J connectivity index is 2.74. The molecular formula is C7H8OPS2+. The number of hydrogen-bond acceptors (Lipinski definition) is 3. The first-order chi connectivity index (χ1) is 5.36. The zero-order chi connectivity index (χ0) is 8.10. The lowest BCUT2D eigenvalue weighted by atomic mass is 10.3. The minimum atomic E-state index is 0.492. The van der Waals surface area contributed by atoms with E-state index < -0.39 is 0 Å². The zero-order valence-corrected chi connectivity index (χ0v) is 8.67. The first kappa shape index (κ1) is 8.98. The van der Waals surface area contributed by atoms with E-state index in [9.17, 15) is 0 Å². The molecule has 0 fully saturated rings. The molecule has 58 valence electrons. The van der Waals surface area contributed by atoms with E-state index >= 15 is 0 Å². The fourth-order valence-electron chi connectivity index (χ4n) is 0.692. The molecule has 1 aromatic carbocycles. The molecule has 4 heteroatoms. The molecule has 0 saturated heterocycles. The lowest BCUT2D eigenvalue weighted by Gasteiger charge is -1.96. The standard InChI is InChI=1S/C7H7OPS2/c1-8-6-2-4-7(5-3-6)11-9-10/h2-5H,1H3/p+1. The van der Waals surface area contributed by atoms with Crippen LogP contribution >= 0.6 is 17.9 Å². The smallest absolute Gasteiger partial charge is 0.235 e. The van der Waals surface area contributed by atoms with Crippen LogP contribution in [-0.2, 0) is 11.8 Å². The van der Waals surface area contributed by atoms with Crippen molar-refractivity contribution in [1.82, 2.24) is 0 Å². The average Bonchev–Trinajstić information content (AvgIpc) is 2.07. The maximum atomic E-state index is 5.01. The molecule has 0 aliphatic carbocycles. The van der Waals surface area contributed by atoms with Gasteiger partial charge in [-0.05, 0) is 24.3 Å². The van der Waals surface area contributed by atoms with Crippen LogP contribution in [0.25, 0.3) is 0 Å². The predicted molar refractivity (Wildman–Crippen MR) is 54.5 cm³/mol. The van der Waals surface area contributed by atoms with Crippen molar-refractivity contribution in [3.8, 4) is 5.75 Å². The van der Waals surface area contributed by atoms with Gasteiger partial charge < -0.3 is 4.74 Å². The number of hydrogen-bond donors (Lipinski definition) is 0. The van der Waals surface area contributed by atoms with Gasteiger partial charge in [-0.2, -0.15) is 0 Å². The van der Waals surface area contributed by atoms with Crippen molar-refractivity contribution in [2.45, 2.75) is 4.90 Å². The second-order valence-corrected chi connectivity index (χ2v) is 5.32. The zero-order valence-electron chi connectivity index (χ0n) is 6.03. The first-order valence-electron chi connectivity index (χ1n) is 3.05. The van der Waals surface area contributed by atoms with Gasteiger partial charge in [-0.1, -0.05) is 0 Å². The Kier molecular flexibility index (Phi) is 3.84. The largest absolute Gasteiger partial charge is 0.497 e. The van der Waals surface area contributed by atoms with Gasteiger partial charge in [0.25, 0.3) is 0 Å². The van der Waals surface area contributed by atoms with E-state index in [1.165, 1.54) is 4.90 Å². The highest BCUT2D eigenvalue weighted by atomic mass is 32.9. The Bertz CT molecular complexity index is 235. The second kappa shape index (κ2) is 4.70. The molecule has 0 spiro atoms. The molecule has 0 heterocycles. The second-order valence-electron chi connectivity index (χ2n) is 1.86. The quantitative estimate of drug-likeness (QED) is 0.699. The summed E-state index contributed by atoms with van der Waals surface area (Å²) in [7, 11) is 1.66. The molecule has 11 heavy (non-hydrogen) atoms. The number of ether oxygens (including phenoxy) is 1. The molecule has 0 bridgehead atoms. The van der Waals surface area contributed by atoms with Crippen molar-refractivity contribution in [2.75, 3.05) is 7.11 Å². The third-order valence-electron chi connectivity index (χ3n) is 1.22. The molecule has 1 atom stereocenters. The molecular weight excluding hydrogens is 195 g/mol. The summed E-state index contributed by atoms with van der Waals surface area (Å²) in [6.45, 7) is 0.492. The van der Waals surface area contributed by atoms with Gasteiger partial charge in [0, 0.05) is 0 Å². The first-order valence-corrected chi connectivity index (χ1v) is 6.72. The van der Waals surface area contributed by atoms with Crippen LogP contribution < -0.4 is 4.74 Å². The molecule has 1 unspecified atom stereocenters. The third kappa shape index (κ3) is 2.78. The Morgan fingerprint density at radius 3 is 2.45 bits per heavy atom. The number of methoxy groups -OCH3 is 1. The van der Waals surface area contributed by atoms with Crippen molar-refractivity contribution in [1.29, 1.82) is 0 Å². The Morgan fingerprint density at radius 2 is 2.00 bits per heavy atom. The topological polar surface area (TPSA) is 9.23 Å². The SMILES string of the molecule is COc1ccc(S[PH+]=S)cc1. The Labute approximate surface area is 76.7 Å². The molecule has 0 N–H and O–H groups in total. The molecule has 1 nitrogen and oxygen atoms in total. The van der Waals surface area contributed by atoms with E-state index in [4.69, 9.17) is 16.5 Å². The normalized spacial score (nSPS) is 9.91.